The van der Waals surface area contributed by atoms with Gasteiger partial charge in [0.1, 0.15) is 6.54 Å². The summed E-state index contributed by atoms with van der Waals surface area (Å²) in [5, 5.41) is 18.4. The number of ether oxygens (including phenoxy) is 1. The minimum absolute atomic E-state index is 0.148. The van der Waals surface area contributed by atoms with Crippen molar-refractivity contribution in [1.29, 1.82) is 0 Å². The summed E-state index contributed by atoms with van der Waals surface area (Å²) in [4.78, 5) is 22.8. The minimum Gasteiger partial charge on any atom is -0.481 e. The molecule has 0 amide bonds. The van der Waals surface area contributed by atoms with Crippen LogP contribution in [0.3, 0.4) is 0 Å². The largest absolute Gasteiger partial charge is 0.481 e. The fraction of sp³-hybridized carbons (Fsp3) is 0.895. The number of carbonyl (C=O) groups excluding carboxylic acids is 1. The van der Waals surface area contributed by atoms with Gasteiger partial charge < -0.3 is 19.4 Å². The van der Waals surface area contributed by atoms with Gasteiger partial charge in [0.2, 0.25) is 0 Å². The number of nitrogens with zero attached hydrogens (tertiary/aromatic N) is 1. The molecule has 6 nitrogen and oxygen atoms in total. The lowest BCUT2D eigenvalue weighted by molar-refractivity contribution is -0.873. The van der Waals surface area contributed by atoms with Crippen molar-refractivity contribution < 1.29 is 29.0 Å². The maximum absolute atomic E-state index is 11.9. The molecule has 0 saturated heterocycles. The van der Waals surface area contributed by atoms with Crippen LogP contribution in [0.25, 0.3) is 0 Å². The molecule has 2 atom stereocenters. The maximum Gasteiger partial charge on any atom is 0.307 e. The molecule has 0 heterocycles. The van der Waals surface area contributed by atoms with E-state index >= 15 is 0 Å². The zero-order chi connectivity index (χ0) is 19.3. The lowest BCUT2D eigenvalue weighted by atomic mass is 10.1. The van der Waals surface area contributed by atoms with Crippen LogP contribution >= 0.6 is 0 Å². The first-order valence-electron chi connectivity index (χ1n) is 9.53. The fourth-order valence-corrected chi connectivity index (χ4v) is 2.75. The van der Waals surface area contributed by atoms with Crippen molar-refractivity contribution in [2.24, 2.45) is 0 Å². The highest BCUT2D eigenvalue weighted by atomic mass is 16.5. The van der Waals surface area contributed by atoms with Crippen molar-refractivity contribution in [2.75, 3.05) is 27.7 Å². The second-order valence-corrected chi connectivity index (χ2v) is 7.90. The fourth-order valence-electron chi connectivity index (χ4n) is 2.75. The van der Waals surface area contributed by atoms with E-state index in [1.807, 2.05) is 28.1 Å². The number of esters is 1. The summed E-state index contributed by atoms with van der Waals surface area (Å²) in [6.07, 6.45) is 7.28. The Balaban J connectivity index is 3.83. The number of hydrogen-bond donors (Lipinski definition) is 2. The van der Waals surface area contributed by atoms with Crippen LogP contribution in [0.2, 0.25) is 0 Å². The number of quaternary nitrogens is 1. The number of carboxylic acid groups (broad SMARTS) is 1. The molecule has 0 aliphatic rings. The van der Waals surface area contributed by atoms with E-state index in [0.29, 0.717) is 17.4 Å². The molecule has 0 radical (unpaired) electrons. The molecule has 0 aliphatic carbocycles. The van der Waals surface area contributed by atoms with Crippen LogP contribution in [0.1, 0.15) is 71.1 Å². The van der Waals surface area contributed by atoms with E-state index < -0.39 is 12.1 Å². The van der Waals surface area contributed by atoms with Gasteiger partial charge in [0.15, 0.2) is 6.10 Å². The Labute approximate surface area is 152 Å². The number of unbranched alkanes of at least 4 members (excludes halogenated alkanes) is 5. The average molecular weight is 361 g/mol. The molecular weight excluding hydrogens is 322 g/mol. The standard InChI is InChI=1S/C19H37NO5/c1-5-16(21)12-10-8-6-7-9-11-13-19(24)25-17(14-18(22)23)15-20(2,3)4/h16-17,21H,5-15H2,1-4H3/p+1. The monoisotopic (exact) mass is 360 g/mol. The molecule has 2 unspecified atom stereocenters. The van der Waals surface area contributed by atoms with Gasteiger partial charge in [0, 0.05) is 6.42 Å². The van der Waals surface area contributed by atoms with Gasteiger partial charge in [-0.25, -0.2) is 0 Å². The van der Waals surface area contributed by atoms with Crippen LogP contribution in [-0.4, -0.2) is 66.5 Å². The first-order valence-corrected chi connectivity index (χ1v) is 9.53. The molecular formula is C19H38NO5+. The van der Waals surface area contributed by atoms with E-state index in [-0.39, 0.29) is 18.5 Å². The van der Waals surface area contributed by atoms with Gasteiger partial charge in [-0.15, -0.1) is 0 Å². The third-order valence-corrected chi connectivity index (χ3v) is 4.09. The number of likely N-dealkylation sites (N-methyl/N-ethyl adjacent to an activating group) is 1. The first-order chi connectivity index (χ1) is 11.6. The molecule has 0 saturated carbocycles. The van der Waals surface area contributed by atoms with Crippen LogP contribution in [-0.2, 0) is 14.3 Å². The molecule has 25 heavy (non-hydrogen) atoms. The van der Waals surface area contributed by atoms with Crippen LogP contribution in [0.4, 0.5) is 0 Å². The number of aliphatic hydroxyl groups is 1. The summed E-state index contributed by atoms with van der Waals surface area (Å²) in [6, 6.07) is 0. The molecule has 0 bridgehead atoms. The normalized spacial score (nSPS) is 14.1. The van der Waals surface area contributed by atoms with Crippen LogP contribution < -0.4 is 0 Å². The topological polar surface area (TPSA) is 83.8 Å². The van der Waals surface area contributed by atoms with Gasteiger partial charge >= 0.3 is 11.9 Å². The zero-order valence-corrected chi connectivity index (χ0v) is 16.5. The van der Waals surface area contributed by atoms with Gasteiger partial charge in [-0.1, -0.05) is 39.0 Å². The van der Waals surface area contributed by atoms with E-state index in [9.17, 15) is 14.7 Å². The van der Waals surface area contributed by atoms with Gasteiger partial charge in [-0.3, -0.25) is 9.59 Å². The average Bonchev–Trinajstić information content (AvgIpc) is 2.47. The predicted octanol–water partition coefficient (Wildman–Crippen LogP) is 2.97. The van der Waals surface area contributed by atoms with Crippen LogP contribution in [0.15, 0.2) is 0 Å². The Morgan fingerprint density at radius 1 is 1.00 bits per heavy atom. The summed E-state index contributed by atoms with van der Waals surface area (Å²) in [5.41, 5.74) is 0. The van der Waals surface area contributed by atoms with E-state index in [1.165, 1.54) is 0 Å². The number of rotatable bonds is 15. The molecule has 2 N–H and O–H groups in total. The summed E-state index contributed by atoms with van der Waals surface area (Å²) >= 11 is 0. The molecule has 0 aromatic carbocycles. The van der Waals surface area contributed by atoms with E-state index in [4.69, 9.17) is 9.84 Å². The van der Waals surface area contributed by atoms with Gasteiger partial charge in [0.25, 0.3) is 0 Å². The third kappa shape index (κ3) is 16.1. The summed E-state index contributed by atoms with van der Waals surface area (Å²) < 4.78 is 5.91. The highest BCUT2D eigenvalue weighted by molar-refractivity contribution is 5.71. The SMILES string of the molecule is CCC(O)CCCCCCCCC(=O)OC(CC(=O)O)C[N+](C)(C)C. The smallest absolute Gasteiger partial charge is 0.307 e. The van der Waals surface area contributed by atoms with Crippen LogP contribution in [0.5, 0.6) is 0 Å². The van der Waals surface area contributed by atoms with Crippen molar-refractivity contribution in [3.8, 4) is 0 Å². The Kier molecular flexibility index (Phi) is 12.5. The Morgan fingerprint density at radius 2 is 1.56 bits per heavy atom. The van der Waals surface area contributed by atoms with Crippen molar-refractivity contribution in [1.82, 2.24) is 0 Å². The highest BCUT2D eigenvalue weighted by Gasteiger charge is 2.24. The highest BCUT2D eigenvalue weighted by Crippen LogP contribution is 2.12. The molecule has 0 aliphatic heterocycles. The van der Waals surface area contributed by atoms with Crippen molar-refractivity contribution >= 4 is 11.9 Å². The molecule has 0 aromatic rings. The second-order valence-electron chi connectivity index (χ2n) is 7.90. The predicted molar refractivity (Wildman–Crippen MR) is 98.3 cm³/mol. The van der Waals surface area contributed by atoms with E-state index in [0.717, 1.165) is 51.4 Å². The molecule has 0 rings (SSSR count). The number of carboxylic acids is 1. The van der Waals surface area contributed by atoms with Gasteiger partial charge in [0.05, 0.1) is 33.7 Å². The van der Waals surface area contributed by atoms with Crippen molar-refractivity contribution in [3.05, 3.63) is 0 Å². The molecule has 148 valence electrons. The van der Waals surface area contributed by atoms with Gasteiger partial charge in [-0.05, 0) is 19.3 Å². The number of aliphatic carboxylic acids is 1. The first kappa shape index (κ1) is 23.9. The number of aliphatic hydroxyl groups excluding tert-OH is 1. The second kappa shape index (κ2) is 13.1. The van der Waals surface area contributed by atoms with Gasteiger partial charge in [-0.2, -0.15) is 0 Å². The third-order valence-electron chi connectivity index (χ3n) is 4.09. The Bertz CT molecular complexity index is 379. The van der Waals surface area contributed by atoms with Crippen molar-refractivity contribution in [3.63, 3.8) is 0 Å². The van der Waals surface area contributed by atoms with Crippen molar-refractivity contribution in [2.45, 2.75) is 83.3 Å². The molecule has 0 aromatic heterocycles. The number of hydrogen-bond acceptors (Lipinski definition) is 4. The molecule has 6 heteroatoms. The summed E-state index contributed by atoms with van der Waals surface area (Å²) in [7, 11) is 5.84. The minimum atomic E-state index is -0.945. The molecule has 0 fully saturated rings. The Hall–Kier alpha value is -1.14. The Morgan fingerprint density at radius 3 is 2.08 bits per heavy atom. The molecule has 0 spiro atoms. The maximum atomic E-state index is 11.9. The van der Waals surface area contributed by atoms with Crippen LogP contribution in [0, 0.1) is 0 Å². The van der Waals surface area contributed by atoms with E-state index in [1.54, 1.807) is 0 Å². The lowest BCUT2D eigenvalue weighted by Crippen LogP contribution is -2.43. The summed E-state index contributed by atoms with van der Waals surface area (Å²) in [6.45, 7) is 2.48. The van der Waals surface area contributed by atoms with E-state index in [2.05, 4.69) is 0 Å². The number of carbonyl (C=O) groups is 2. The summed E-state index contributed by atoms with van der Waals surface area (Å²) in [5.74, 6) is -1.25. The lowest BCUT2D eigenvalue weighted by Gasteiger charge is -2.28. The quantitative estimate of drug-likeness (QED) is 0.266. The zero-order valence-electron chi connectivity index (χ0n) is 16.5.